The molecule has 12 aromatic carbocycles. The SMILES string of the molecule is c1cnc2c(-c3ccc(-c4cc(-c5ccc6c7ccccc7c7ccccc7c6c5)c5cc(-c6ccc7c8ccccc8c8ccccc8c7c6)c6ccccc6c5n4)cc3)cccc2c1. The van der Waals surface area contributed by atoms with Gasteiger partial charge in [0.2, 0.25) is 0 Å². The molecule has 0 atom stereocenters. The van der Waals surface area contributed by atoms with Gasteiger partial charge in [-0.1, -0.05) is 194 Å². The Morgan fingerprint density at radius 3 is 1.20 bits per heavy atom. The predicted octanol–water partition coefficient (Wildman–Crippen LogP) is 17.5. The average Bonchev–Trinajstić information content (AvgIpc) is 3.40. The number of fused-ring (bicyclic) bond motifs is 16. The van der Waals surface area contributed by atoms with Gasteiger partial charge in [-0.3, -0.25) is 4.98 Å². The van der Waals surface area contributed by atoms with Gasteiger partial charge >= 0.3 is 0 Å². The summed E-state index contributed by atoms with van der Waals surface area (Å²) in [4.78, 5) is 10.4. The molecule has 0 saturated heterocycles. The molecule has 0 N–H and O–H groups in total. The normalized spacial score (nSPS) is 11.9. The lowest BCUT2D eigenvalue weighted by molar-refractivity contribution is 1.40. The van der Waals surface area contributed by atoms with E-state index in [-0.39, 0.29) is 0 Å². The number of pyridine rings is 2. The summed E-state index contributed by atoms with van der Waals surface area (Å²) < 4.78 is 0. The molecule has 66 heavy (non-hydrogen) atoms. The Kier molecular flexibility index (Phi) is 8.02. The summed E-state index contributed by atoms with van der Waals surface area (Å²) in [7, 11) is 0. The van der Waals surface area contributed by atoms with Crippen molar-refractivity contribution in [2.45, 2.75) is 0 Å². The van der Waals surface area contributed by atoms with Crippen molar-refractivity contribution in [3.8, 4) is 44.6 Å². The van der Waals surface area contributed by atoms with Crippen LogP contribution in [0.3, 0.4) is 0 Å². The van der Waals surface area contributed by atoms with Gasteiger partial charge in [-0.25, -0.2) is 4.98 Å². The van der Waals surface area contributed by atoms with Crippen LogP contribution in [-0.2, 0) is 0 Å². The summed E-state index contributed by atoms with van der Waals surface area (Å²) in [6, 6.07) is 82.4. The van der Waals surface area contributed by atoms with E-state index in [1.807, 2.05) is 12.3 Å². The van der Waals surface area contributed by atoms with Crippen LogP contribution in [0.25, 0.3) is 142 Å². The van der Waals surface area contributed by atoms with E-state index in [1.54, 1.807) is 0 Å². The first-order valence-electron chi connectivity index (χ1n) is 22.7. The van der Waals surface area contributed by atoms with Crippen molar-refractivity contribution in [2.75, 3.05) is 0 Å². The molecular weight excluding hydrogens is 797 g/mol. The number of benzene rings is 12. The first-order chi connectivity index (χ1) is 32.7. The number of hydrogen-bond donors (Lipinski definition) is 0. The molecule has 0 fully saturated rings. The summed E-state index contributed by atoms with van der Waals surface area (Å²) in [6.07, 6.45) is 1.87. The van der Waals surface area contributed by atoms with Gasteiger partial charge in [0.25, 0.3) is 0 Å². The monoisotopic (exact) mass is 834 g/mol. The van der Waals surface area contributed by atoms with E-state index in [0.29, 0.717) is 0 Å². The van der Waals surface area contributed by atoms with E-state index in [9.17, 15) is 0 Å². The zero-order chi connectivity index (χ0) is 43.3. The highest BCUT2D eigenvalue weighted by Crippen LogP contribution is 2.45. The summed E-state index contributed by atoms with van der Waals surface area (Å²) in [5.74, 6) is 0. The summed E-state index contributed by atoms with van der Waals surface area (Å²) in [5.41, 5.74) is 10.9. The molecule has 0 amide bonds. The van der Waals surface area contributed by atoms with Gasteiger partial charge in [0.1, 0.15) is 0 Å². The van der Waals surface area contributed by atoms with Gasteiger partial charge in [-0.05, 0) is 128 Å². The molecule has 0 bridgehead atoms. The molecule has 14 rings (SSSR count). The Bertz CT molecular complexity index is 4260. The fourth-order valence-corrected chi connectivity index (χ4v) is 11.0. The van der Waals surface area contributed by atoms with Crippen LogP contribution in [0.1, 0.15) is 0 Å². The minimum Gasteiger partial charge on any atom is -0.256 e. The number of hydrogen-bond acceptors (Lipinski definition) is 2. The molecule has 304 valence electrons. The third-order valence-electron chi connectivity index (χ3n) is 14.1. The van der Waals surface area contributed by atoms with Crippen LogP contribution in [0, 0.1) is 0 Å². The Labute approximate surface area is 380 Å². The van der Waals surface area contributed by atoms with Crippen molar-refractivity contribution >= 4 is 97.2 Å². The summed E-state index contributed by atoms with van der Waals surface area (Å²) in [6.45, 7) is 0. The first kappa shape index (κ1) is 36.7. The Balaban J connectivity index is 1.04. The van der Waals surface area contributed by atoms with Crippen molar-refractivity contribution in [1.82, 2.24) is 9.97 Å². The second kappa shape index (κ2) is 14.4. The predicted molar refractivity (Wildman–Crippen MR) is 281 cm³/mol. The average molecular weight is 835 g/mol. The van der Waals surface area contributed by atoms with E-state index in [2.05, 4.69) is 218 Å². The minimum atomic E-state index is 0.936. The molecule has 0 saturated carbocycles. The van der Waals surface area contributed by atoms with Crippen molar-refractivity contribution in [1.29, 1.82) is 0 Å². The molecule has 2 heterocycles. The molecular formula is C64H38N2. The molecule has 0 aliphatic carbocycles. The highest BCUT2D eigenvalue weighted by Gasteiger charge is 2.19. The molecule has 0 spiro atoms. The quantitative estimate of drug-likeness (QED) is 0.165. The smallest absolute Gasteiger partial charge is 0.0794 e. The van der Waals surface area contributed by atoms with Gasteiger partial charge < -0.3 is 0 Å². The van der Waals surface area contributed by atoms with Crippen LogP contribution in [0.4, 0.5) is 0 Å². The zero-order valence-electron chi connectivity index (χ0n) is 35.8. The molecule has 2 aromatic heterocycles. The number of aromatic nitrogens is 2. The Morgan fingerprint density at radius 2 is 0.652 bits per heavy atom. The molecule has 2 nitrogen and oxygen atoms in total. The number of nitrogens with zero attached hydrogens (tertiary/aromatic N) is 2. The summed E-state index contributed by atoms with van der Waals surface area (Å²) in [5, 5.41) is 19.8. The van der Waals surface area contributed by atoms with E-state index in [0.717, 1.165) is 60.7 Å². The van der Waals surface area contributed by atoms with Crippen LogP contribution in [-0.4, -0.2) is 9.97 Å². The Hall–Kier alpha value is -8.72. The van der Waals surface area contributed by atoms with E-state index >= 15 is 0 Å². The maximum absolute atomic E-state index is 5.61. The molecule has 14 aromatic rings. The second-order valence-electron chi connectivity index (χ2n) is 17.6. The van der Waals surface area contributed by atoms with Crippen molar-refractivity contribution in [2.24, 2.45) is 0 Å². The fraction of sp³-hybridized carbons (Fsp3) is 0. The lowest BCUT2D eigenvalue weighted by Crippen LogP contribution is -1.94. The lowest BCUT2D eigenvalue weighted by atomic mass is 9.87. The standard InChI is InChI=1S/C64H38N2/c1-3-19-49-45(15-1)47-17-5-7-21-51(47)59-35-42(30-32-54(49)59)57-37-61-58(43-31-33-55-50-20-4-2-16-46(50)48-18-6-8-22-52(48)60(55)36-43)38-62(66-64(61)56-24-10-9-23-53(56)57)40-28-26-39(27-29-40)44-25-11-13-41-14-12-34-65-63(41)44/h1-38H. The first-order valence-corrected chi connectivity index (χ1v) is 22.7. The topological polar surface area (TPSA) is 25.8 Å². The van der Waals surface area contributed by atoms with Gasteiger partial charge in [0, 0.05) is 33.5 Å². The van der Waals surface area contributed by atoms with Gasteiger partial charge in [0.15, 0.2) is 0 Å². The van der Waals surface area contributed by atoms with E-state index in [1.165, 1.54) is 81.1 Å². The molecule has 0 radical (unpaired) electrons. The molecule has 0 aliphatic heterocycles. The van der Waals surface area contributed by atoms with Crippen LogP contribution in [0.2, 0.25) is 0 Å². The molecule has 2 heteroatoms. The van der Waals surface area contributed by atoms with E-state index in [4.69, 9.17) is 9.97 Å². The number of rotatable bonds is 4. The molecule has 0 aliphatic rings. The summed E-state index contributed by atoms with van der Waals surface area (Å²) >= 11 is 0. The van der Waals surface area contributed by atoms with Crippen molar-refractivity contribution in [3.63, 3.8) is 0 Å². The second-order valence-corrected chi connectivity index (χ2v) is 17.6. The maximum atomic E-state index is 5.61. The third-order valence-corrected chi connectivity index (χ3v) is 14.1. The van der Waals surface area contributed by atoms with E-state index < -0.39 is 0 Å². The Morgan fingerprint density at radius 1 is 0.227 bits per heavy atom. The van der Waals surface area contributed by atoms with Crippen molar-refractivity contribution < 1.29 is 0 Å². The van der Waals surface area contributed by atoms with Gasteiger partial charge in [-0.15, -0.1) is 0 Å². The zero-order valence-corrected chi connectivity index (χ0v) is 35.8. The van der Waals surface area contributed by atoms with Crippen LogP contribution in [0.15, 0.2) is 231 Å². The van der Waals surface area contributed by atoms with Crippen LogP contribution < -0.4 is 0 Å². The molecule has 0 unspecified atom stereocenters. The highest BCUT2D eigenvalue weighted by molar-refractivity contribution is 6.28. The lowest BCUT2D eigenvalue weighted by Gasteiger charge is -2.18. The highest BCUT2D eigenvalue weighted by atomic mass is 14.7. The number of para-hydroxylation sites is 1. The van der Waals surface area contributed by atoms with Crippen LogP contribution >= 0.6 is 0 Å². The van der Waals surface area contributed by atoms with Gasteiger partial charge in [-0.2, -0.15) is 0 Å². The maximum Gasteiger partial charge on any atom is 0.0794 e. The van der Waals surface area contributed by atoms with Crippen molar-refractivity contribution in [3.05, 3.63) is 231 Å². The van der Waals surface area contributed by atoms with Crippen LogP contribution in [0.5, 0.6) is 0 Å². The van der Waals surface area contributed by atoms with Gasteiger partial charge in [0.05, 0.1) is 16.7 Å². The minimum absolute atomic E-state index is 0.936. The largest absolute Gasteiger partial charge is 0.256 e. The third kappa shape index (κ3) is 5.55. The fourth-order valence-electron chi connectivity index (χ4n) is 11.0.